The standard InChI is InChI=1S/C16H18N4O3/c21-16(12-8-15(12)20(22)23)19-7-3-4-11(19)9-18-10-17-13-5-1-2-6-14(13)18/h1-2,5-6,10-12,15H,3-4,7-9H2. The van der Waals surface area contributed by atoms with Crippen LogP contribution in [0, 0.1) is 16.0 Å². The van der Waals surface area contributed by atoms with Gasteiger partial charge >= 0.3 is 0 Å². The first-order valence-electron chi connectivity index (χ1n) is 7.99. The van der Waals surface area contributed by atoms with Crippen LogP contribution in [0.15, 0.2) is 30.6 Å². The van der Waals surface area contributed by atoms with Gasteiger partial charge in [-0.2, -0.15) is 0 Å². The smallest absolute Gasteiger partial charge is 0.233 e. The molecule has 2 heterocycles. The van der Waals surface area contributed by atoms with Gasteiger partial charge in [-0.25, -0.2) is 4.98 Å². The van der Waals surface area contributed by atoms with Gasteiger partial charge in [0.05, 0.1) is 17.4 Å². The highest BCUT2D eigenvalue weighted by Gasteiger charge is 2.55. The molecule has 7 nitrogen and oxygen atoms in total. The number of hydrogen-bond donors (Lipinski definition) is 0. The number of hydrogen-bond acceptors (Lipinski definition) is 4. The predicted octanol–water partition coefficient (Wildman–Crippen LogP) is 1.69. The molecule has 7 heteroatoms. The van der Waals surface area contributed by atoms with Gasteiger partial charge in [-0.15, -0.1) is 0 Å². The van der Waals surface area contributed by atoms with Crippen molar-refractivity contribution in [2.24, 2.45) is 5.92 Å². The minimum absolute atomic E-state index is 0.0429. The number of rotatable bonds is 4. The van der Waals surface area contributed by atoms with E-state index in [4.69, 9.17) is 0 Å². The highest BCUT2D eigenvalue weighted by atomic mass is 16.6. The van der Waals surface area contributed by atoms with Gasteiger partial charge < -0.3 is 9.47 Å². The maximum atomic E-state index is 12.5. The van der Waals surface area contributed by atoms with E-state index >= 15 is 0 Å². The quantitative estimate of drug-likeness (QED) is 0.635. The van der Waals surface area contributed by atoms with Crippen LogP contribution in [0.25, 0.3) is 11.0 Å². The summed E-state index contributed by atoms with van der Waals surface area (Å²) in [5.41, 5.74) is 2.00. The minimum atomic E-state index is -0.669. The van der Waals surface area contributed by atoms with Crippen LogP contribution < -0.4 is 0 Å². The van der Waals surface area contributed by atoms with Crippen LogP contribution in [0.4, 0.5) is 0 Å². The first-order valence-corrected chi connectivity index (χ1v) is 7.99. The summed E-state index contributed by atoms with van der Waals surface area (Å²) in [5.74, 6) is -0.455. The first-order chi connectivity index (χ1) is 11.1. The normalized spacial score (nSPS) is 26.6. The van der Waals surface area contributed by atoms with Crippen LogP contribution in [0.1, 0.15) is 19.3 Å². The maximum Gasteiger partial charge on any atom is 0.233 e. The van der Waals surface area contributed by atoms with Gasteiger partial charge in [0.25, 0.3) is 0 Å². The average Bonchev–Trinajstić information content (AvgIpc) is 3.07. The van der Waals surface area contributed by atoms with E-state index in [-0.39, 0.29) is 16.9 Å². The Labute approximate surface area is 133 Å². The van der Waals surface area contributed by atoms with Crippen LogP contribution in [-0.4, -0.2) is 43.9 Å². The molecule has 120 valence electrons. The topological polar surface area (TPSA) is 81.3 Å². The van der Waals surface area contributed by atoms with Gasteiger partial charge in [0.1, 0.15) is 5.92 Å². The van der Waals surface area contributed by atoms with Crippen LogP contribution in [0.3, 0.4) is 0 Å². The number of imidazole rings is 1. The fraction of sp³-hybridized carbons (Fsp3) is 0.500. The Bertz CT molecular complexity index is 772. The van der Waals surface area contributed by atoms with Crippen molar-refractivity contribution in [2.45, 2.75) is 37.9 Å². The number of likely N-dealkylation sites (tertiary alicyclic amines) is 1. The average molecular weight is 314 g/mol. The highest BCUT2D eigenvalue weighted by Crippen LogP contribution is 2.37. The molecule has 3 unspecified atom stereocenters. The van der Waals surface area contributed by atoms with Crippen molar-refractivity contribution >= 4 is 16.9 Å². The molecule has 1 amide bonds. The van der Waals surface area contributed by atoms with Gasteiger partial charge in [-0.1, -0.05) is 12.1 Å². The monoisotopic (exact) mass is 314 g/mol. The van der Waals surface area contributed by atoms with E-state index in [1.165, 1.54) is 0 Å². The second kappa shape index (κ2) is 5.33. The molecule has 2 fully saturated rings. The fourth-order valence-corrected chi connectivity index (χ4v) is 3.59. The van der Waals surface area contributed by atoms with Crippen LogP contribution in [0.2, 0.25) is 0 Å². The molecule has 4 rings (SSSR count). The third kappa shape index (κ3) is 2.46. The first kappa shape index (κ1) is 14.2. The Morgan fingerprint density at radius 2 is 2.22 bits per heavy atom. The SMILES string of the molecule is O=C(C1CC1[N+](=O)[O-])N1CCCC1Cn1cnc2ccccc21. The summed E-state index contributed by atoms with van der Waals surface area (Å²) in [5, 5.41) is 10.8. The molecule has 0 N–H and O–H groups in total. The van der Waals surface area contributed by atoms with Gasteiger partial charge in [0.2, 0.25) is 11.9 Å². The van der Waals surface area contributed by atoms with E-state index < -0.39 is 12.0 Å². The number of carbonyl (C=O) groups excluding carboxylic acids is 1. The number of para-hydroxylation sites is 2. The van der Waals surface area contributed by atoms with Crippen molar-refractivity contribution in [1.82, 2.24) is 14.5 Å². The lowest BCUT2D eigenvalue weighted by atomic mass is 10.2. The molecule has 0 radical (unpaired) electrons. The molecule has 1 aromatic heterocycles. The summed E-state index contributed by atoms with van der Waals surface area (Å²) in [4.78, 5) is 29.2. The van der Waals surface area contributed by atoms with Crippen LogP contribution >= 0.6 is 0 Å². The molecule has 1 aliphatic heterocycles. The predicted molar refractivity (Wildman–Crippen MR) is 83.4 cm³/mol. The van der Waals surface area contributed by atoms with Crippen LogP contribution in [-0.2, 0) is 11.3 Å². The minimum Gasteiger partial charge on any atom is -0.337 e. The third-order valence-electron chi connectivity index (χ3n) is 4.94. The molecular weight excluding hydrogens is 296 g/mol. The molecule has 1 saturated heterocycles. The van der Waals surface area contributed by atoms with Gasteiger partial charge in [0, 0.05) is 30.5 Å². The Balaban J connectivity index is 1.50. The molecule has 0 bridgehead atoms. The second-order valence-electron chi connectivity index (χ2n) is 6.41. The van der Waals surface area contributed by atoms with Crippen molar-refractivity contribution in [2.75, 3.05) is 6.54 Å². The summed E-state index contributed by atoms with van der Waals surface area (Å²) >= 11 is 0. The van der Waals surface area contributed by atoms with E-state index in [0.29, 0.717) is 19.5 Å². The Kier molecular flexibility index (Phi) is 3.28. The summed E-state index contributed by atoms with van der Waals surface area (Å²) in [6.07, 6.45) is 4.10. The molecular formula is C16H18N4O3. The van der Waals surface area contributed by atoms with Crippen LogP contribution in [0.5, 0.6) is 0 Å². The number of nitro groups is 1. The molecule has 2 aliphatic rings. The lowest BCUT2D eigenvalue weighted by Crippen LogP contribution is -2.39. The molecule has 0 spiro atoms. The molecule has 23 heavy (non-hydrogen) atoms. The number of aromatic nitrogens is 2. The fourth-order valence-electron chi connectivity index (χ4n) is 3.59. The van der Waals surface area contributed by atoms with Crippen molar-refractivity contribution < 1.29 is 9.72 Å². The number of fused-ring (bicyclic) bond motifs is 1. The molecule has 1 saturated carbocycles. The third-order valence-corrected chi connectivity index (χ3v) is 4.94. The molecule has 3 atom stereocenters. The van der Waals surface area contributed by atoms with E-state index in [0.717, 1.165) is 23.9 Å². The van der Waals surface area contributed by atoms with Gasteiger partial charge in [-0.05, 0) is 25.0 Å². The number of nitrogens with zero attached hydrogens (tertiary/aromatic N) is 4. The number of carbonyl (C=O) groups is 1. The lowest BCUT2D eigenvalue weighted by molar-refractivity contribution is -0.497. The zero-order valence-electron chi connectivity index (χ0n) is 12.7. The largest absolute Gasteiger partial charge is 0.337 e. The van der Waals surface area contributed by atoms with E-state index in [1.54, 1.807) is 0 Å². The molecule has 1 aliphatic carbocycles. The summed E-state index contributed by atoms with van der Waals surface area (Å²) in [7, 11) is 0. The summed E-state index contributed by atoms with van der Waals surface area (Å²) in [6, 6.07) is 7.35. The number of amides is 1. The van der Waals surface area contributed by atoms with Crippen molar-refractivity contribution in [1.29, 1.82) is 0 Å². The van der Waals surface area contributed by atoms with Crippen molar-refractivity contribution in [3.63, 3.8) is 0 Å². The number of benzene rings is 1. The van der Waals surface area contributed by atoms with E-state index in [1.807, 2.05) is 35.5 Å². The highest BCUT2D eigenvalue weighted by molar-refractivity contribution is 5.82. The Morgan fingerprint density at radius 3 is 3.00 bits per heavy atom. The van der Waals surface area contributed by atoms with E-state index in [2.05, 4.69) is 9.55 Å². The summed E-state index contributed by atoms with van der Waals surface area (Å²) < 4.78 is 2.07. The van der Waals surface area contributed by atoms with Gasteiger partial charge in [-0.3, -0.25) is 14.9 Å². The van der Waals surface area contributed by atoms with Gasteiger partial charge in [0.15, 0.2) is 0 Å². The van der Waals surface area contributed by atoms with Crippen molar-refractivity contribution in [3.05, 3.63) is 40.7 Å². The molecule has 2 aromatic rings. The Morgan fingerprint density at radius 1 is 1.39 bits per heavy atom. The van der Waals surface area contributed by atoms with Crippen molar-refractivity contribution in [3.8, 4) is 0 Å². The lowest BCUT2D eigenvalue weighted by Gasteiger charge is -2.25. The Hall–Kier alpha value is -2.44. The van der Waals surface area contributed by atoms with E-state index in [9.17, 15) is 14.9 Å². The zero-order chi connectivity index (χ0) is 16.0. The second-order valence-corrected chi connectivity index (χ2v) is 6.41. The zero-order valence-corrected chi connectivity index (χ0v) is 12.7. The maximum absolute atomic E-state index is 12.5. The summed E-state index contributed by atoms with van der Waals surface area (Å²) in [6.45, 7) is 1.40. The molecule has 1 aromatic carbocycles.